The molecule has 0 aliphatic carbocycles. The van der Waals surface area contributed by atoms with Gasteiger partial charge in [-0.2, -0.15) is 0 Å². The van der Waals surface area contributed by atoms with E-state index in [4.69, 9.17) is 42.6 Å². The fourth-order valence-corrected chi connectivity index (χ4v) is 12.8. The van der Waals surface area contributed by atoms with E-state index in [-0.39, 0.29) is 174 Å². The van der Waals surface area contributed by atoms with Gasteiger partial charge in [0.15, 0.2) is 0 Å². The van der Waals surface area contributed by atoms with Crippen LogP contribution in [-0.4, -0.2) is 209 Å². The summed E-state index contributed by atoms with van der Waals surface area (Å²) in [6.07, 6.45) is -5.89. The largest absolute Gasteiger partial charge is 0.444 e. The Morgan fingerprint density at radius 1 is 0.215 bits per heavy atom. The quantitative estimate of drug-likeness (QED) is 0.0116. The summed E-state index contributed by atoms with van der Waals surface area (Å²) < 4.78 is 49.6. The van der Waals surface area contributed by atoms with Gasteiger partial charge in [0.2, 0.25) is 23.3 Å². The average Bonchev–Trinajstić information content (AvgIpc) is 0.819. The van der Waals surface area contributed by atoms with Gasteiger partial charge in [-0.1, -0.05) is 0 Å². The van der Waals surface area contributed by atoms with Crippen LogP contribution < -0.4 is 63.8 Å². The molecule has 0 bridgehead atoms. The Balaban J connectivity index is 8.83. The van der Waals surface area contributed by atoms with E-state index in [9.17, 15) is 53.3 Å². The van der Waals surface area contributed by atoms with Crippen LogP contribution in [0.2, 0.25) is 0 Å². The number of alkyl carbamates (subject to hydrolysis) is 9. The molecule has 12 amide bonds. The Hall–Kier alpha value is -8.76. The lowest BCUT2D eigenvalue weighted by Gasteiger charge is -2.37. The summed E-state index contributed by atoms with van der Waals surface area (Å²) in [5, 5.41) is 49.1. The second-order valence-corrected chi connectivity index (χ2v) is 40.3. The summed E-state index contributed by atoms with van der Waals surface area (Å²) in [4.78, 5) is 177. The Morgan fingerprint density at radius 3 is 0.430 bits per heavy atom. The predicted octanol–water partition coefficient (Wildman–Crippen LogP) is 14.7. The zero-order valence-corrected chi connectivity index (χ0v) is 78.7. The van der Waals surface area contributed by atoms with Crippen molar-refractivity contribution in [3.05, 3.63) is 10.1 Å². The van der Waals surface area contributed by atoms with Gasteiger partial charge < -0.3 is 106 Å². The number of rotatable bonds is 49. The molecular weight excluding hydrogens is 1570 g/mol. The lowest BCUT2D eigenvalue weighted by atomic mass is 9.80. The Bertz CT molecular complexity index is 2650. The molecule has 0 aliphatic rings. The first-order valence-corrected chi connectivity index (χ1v) is 42.9. The first-order chi connectivity index (χ1) is 55.2. The molecule has 0 aromatic heterocycles. The molecule has 0 heterocycles. The van der Waals surface area contributed by atoms with Crippen molar-refractivity contribution in [3.63, 3.8) is 0 Å². The van der Waals surface area contributed by atoms with E-state index in [2.05, 4.69) is 63.8 Å². The number of amides is 12. The highest BCUT2D eigenvalue weighted by atomic mass is 16.6. The van der Waals surface area contributed by atoms with Gasteiger partial charge in [-0.05, 0) is 303 Å². The van der Waals surface area contributed by atoms with E-state index in [1.165, 1.54) is 0 Å². The minimum Gasteiger partial charge on any atom is -0.444 e. The fraction of sp³-hybridized carbons (Fsp3) is 0.859. The molecule has 0 aliphatic heterocycles. The van der Waals surface area contributed by atoms with E-state index >= 15 is 14.4 Å². The minimum atomic E-state index is -2.26. The first kappa shape index (κ1) is 112. The second-order valence-electron chi connectivity index (χ2n) is 40.3. The predicted molar refractivity (Wildman–Crippen MR) is 461 cm³/mol. The summed E-state index contributed by atoms with van der Waals surface area (Å²) in [5.74, 6) is -2.05. The Labute approximate surface area is 721 Å². The molecule has 0 saturated heterocycles. The molecule has 0 radical (unpaired) electrons. The lowest BCUT2D eigenvalue weighted by molar-refractivity contribution is -0.573. The van der Waals surface area contributed by atoms with Crippen LogP contribution in [0.25, 0.3) is 0 Å². The molecule has 0 saturated carbocycles. The van der Waals surface area contributed by atoms with Crippen molar-refractivity contribution in [2.75, 3.05) is 58.9 Å². The molecular formula is C85H159N13O23. The maximum atomic E-state index is 15.3. The molecule has 0 fully saturated rings. The topological polar surface area (TPSA) is 475 Å². The molecule has 0 atom stereocenters. The van der Waals surface area contributed by atoms with Crippen LogP contribution in [0.4, 0.5) is 43.2 Å². The number of nitrogens with zero attached hydrogens (tertiary/aromatic N) is 1. The molecule has 121 heavy (non-hydrogen) atoms. The second kappa shape index (κ2) is 51.4. The number of hydrogen-bond acceptors (Lipinski definition) is 23. The van der Waals surface area contributed by atoms with Gasteiger partial charge in [0, 0.05) is 119 Å². The summed E-state index contributed by atoms with van der Waals surface area (Å²) in [6, 6.07) is 0. The highest BCUT2D eigenvalue weighted by molar-refractivity contribution is 5.79. The van der Waals surface area contributed by atoms with Crippen LogP contribution in [-0.2, 0) is 57.0 Å². The standard InChI is InChI=1S/C85H159N13O23/c1-73(2,3)113-64(102)86-52-28-40-82(41-29-53-87-65(103)114-74(4,5)6,42-30-54-88-66(104)115-75(7,8)9)95-61(99)37-49-85(98(111)112,50-38-62(100)96-83(43-31-55-89-67(105)116-76(10,11)12,44-32-56-90-68(106)117-77(13,14)15)45-33-57-91-69(107)118-78(16,17)18)51-39-63(101)97-84(46-34-58-92-70(108)119-79(19,20)21,47-35-59-93-71(109)120-80(22,23)24)48-36-60-94-72(110)121-81(25,26)27/h28-60H2,1-27H3,(H,86,102)(H,87,103)(H,88,104)(H,89,105)(H,90,106)(H,91,107)(H,92,108)(H,93,109)(H,94,110)(H,95,99)(H,96,100)(H,97,101). The van der Waals surface area contributed by atoms with E-state index < -0.39 is 189 Å². The van der Waals surface area contributed by atoms with E-state index in [1.54, 1.807) is 187 Å². The van der Waals surface area contributed by atoms with Crippen molar-refractivity contribution in [1.29, 1.82) is 0 Å². The molecule has 702 valence electrons. The highest BCUT2D eigenvalue weighted by Gasteiger charge is 2.46. The zero-order valence-electron chi connectivity index (χ0n) is 78.7. The average molecular weight is 1730 g/mol. The number of nitrogens with one attached hydrogen (secondary N) is 12. The molecule has 0 aromatic rings. The summed E-state index contributed by atoms with van der Waals surface area (Å²) >= 11 is 0. The zero-order chi connectivity index (χ0) is 93.2. The van der Waals surface area contributed by atoms with Gasteiger partial charge in [-0.3, -0.25) is 24.5 Å². The van der Waals surface area contributed by atoms with Crippen LogP contribution >= 0.6 is 0 Å². The summed E-state index contributed by atoms with van der Waals surface area (Å²) in [7, 11) is 0. The van der Waals surface area contributed by atoms with Gasteiger partial charge in [0.05, 0.1) is 0 Å². The maximum Gasteiger partial charge on any atom is 0.407 e. The van der Waals surface area contributed by atoms with Crippen LogP contribution in [0.1, 0.15) is 341 Å². The lowest BCUT2D eigenvalue weighted by Crippen LogP contribution is -2.52. The van der Waals surface area contributed by atoms with Crippen LogP contribution in [0.15, 0.2) is 0 Å². The fourth-order valence-electron chi connectivity index (χ4n) is 12.8. The molecule has 0 aromatic carbocycles. The first-order valence-electron chi connectivity index (χ1n) is 42.9. The van der Waals surface area contributed by atoms with Crippen LogP contribution in [0, 0.1) is 10.1 Å². The third-order valence-electron chi connectivity index (χ3n) is 17.6. The van der Waals surface area contributed by atoms with Crippen molar-refractivity contribution >= 4 is 72.6 Å². The SMILES string of the molecule is CC(C)(C)OC(=O)NCCCC(CCCNC(=O)OC(C)(C)C)(CCCNC(=O)OC(C)(C)C)NC(=O)CCC(CCC(=O)NC(CCCNC(=O)OC(C)(C)C)(CCCNC(=O)OC(C)(C)C)CCCNC(=O)OC(C)(C)C)(CCC(=O)NC(CCCNC(=O)OC(C)(C)C)(CCCNC(=O)OC(C)(C)C)CCCNC(=O)OC(C)(C)C)[N+](=O)[O-]. The van der Waals surface area contributed by atoms with Gasteiger partial charge >= 0.3 is 54.8 Å². The normalized spacial score (nSPS) is 12.7. The monoisotopic (exact) mass is 1730 g/mol. The van der Waals surface area contributed by atoms with Gasteiger partial charge in [0.25, 0.3) is 0 Å². The van der Waals surface area contributed by atoms with Crippen molar-refractivity contribution in [2.45, 2.75) is 414 Å². The molecule has 0 spiro atoms. The number of carbonyl (C=O) groups excluding carboxylic acids is 12. The molecule has 36 heteroatoms. The Kier molecular flexibility index (Phi) is 47.6. The van der Waals surface area contributed by atoms with E-state index in [1.807, 2.05) is 0 Å². The van der Waals surface area contributed by atoms with E-state index in [0.29, 0.717) is 0 Å². The summed E-state index contributed by atoms with van der Waals surface area (Å²) in [6.45, 7) is 46.8. The third kappa shape index (κ3) is 61.2. The summed E-state index contributed by atoms with van der Waals surface area (Å²) in [5.41, 5.74) is -13.4. The van der Waals surface area contributed by atoms with Crippen molar-refractivity contribution in [1.82, 2.24) is 63.8 Å². The van der Waals surface area contributed by atoms with Crippen molar-refractivity contribution < 1.29 is 105 Å². The molecule has 36 nitrogen and oxygen atoms in total. The van der Waals surface area contributed by atoms with Crippen LogP contribution in [0.3, 0.4) is 0 Å². The number of carbonyl (C=O) groups is 12. The maximum absolute atomic E-state index is 15.3. The number of ether oxygens (including phenoxy) is 9. The van der Waals surface area contributed by atoms with Crippen LogP contribution in [0.5, 0.6) is 0 Å². The smallest absolute Gasteiger partial charge is 0.407 e. The van der Waals surface area contributed by atoms with Gasteiger partial charge in [-0.25, -0.2) is 43.2 Å². The highest BCUT2D eigenvalue weighted by Crippen LogP contribution is 2.35. The third-order valence-corrected chi connectivity index (χ3v) is 17.6. The van der Waals surface area contributed by atoms with E-state index in [0.717, 1.165) is 0 Å². The van der Waals surface area contributed by atoms with Gasteiger partial charge in [-0.15, -0.1) is 0 Å². The Morgan fingerprint density at radius 2 is 0.331 bits per heavy atom. The molecule has 12 N–H and O–H groups in total. The van der Waals surface area contributed by atoms with Crippen molar-refractivity contribution in [3.8, 4) is 0 Å². The number of nitro groups is 1. The van der Waals surface area contributed by atoms with Crippen molar-refractivity contribution in [2.24, 2.45) is 0 Å². The van der Waals surface area contributed by atoms with Gasteiger partial charge in [0.1, 0.15) is 50.4 Å². The molecule has 0 rings (SSSR count). The number of hydrogen-bond donors (Lipinski definition) is 12. The minimum absolute atomic E-state index is 0.0693. The molecule has 0 unspecified atom stereocenters.